The van der Waals surface area contributed by atoms with Crippen molar-refractivity contribution >= 4 is 29.6 Å². The van der Waals surface area contributed by atoms with Gasteiger partial charge in [0.1, 0.15) is 0 Å². The topological polar surface area (TPSA) is 20.2 Å². The molecule has 0 bridgehead atoms. The van der Waals surface area contributed by atoms with Crippen molar-refractivity contribution in [2.24, 2.45) is 0 Å². The first-order chi connectivity index (χ1) is 3.91. The number of hydrogen-bond donors (Lipinski definition) is 1. The molecule has 1 N–H and O–H groups in total. The summed E-state index contributed by atoms with van der Waals surface area (Å²) in [6, 6.07) is 0. The Labute approximate surface area is 79.4 Å². The maximum atomic E-state index is 8.28. The maximum absolute atomic E-state index is 8.28. The van der Waals surface area contributed by atoms with Gasteiger partial charge >= 0.3 is 29.6 Å². The Hall–Kier alpha value is 0.700. The van der Waals surface area contributed by atoms with Gasteiger partial charge in [-0.15, -0.1) is 0 Å². The van der Waals surface area contributed by atoms with Gasteiger partial charge in [-0.3, -0.25) is 0 Å². The number of allylic oxidation sites excluding steroid dienone is 1. The van der Waals surface area contributed by atoms with Gasteiger partial charge < -0.3 is 5.11 Å². The van der Waals surface area contributed by atoms with Gasteiger partial charge in [0.15, 0.2) is 0 Å². The molecule has 1 nitrogen and oxygen atoms in total. The Morgan fingerprint density at radius 2 is 2.00 bits per heavy atom. The van der Waals surface area contributed by atoms with Crippen LogP contribution in [0.4, 0.5) is 0 Å². The van der Waals surface area contributed by atoms with E-state index in [0.29, 0.717) is 0 Å². The second-order valence-corrected chi connectivity index (χ2v) is 1.80. The Kier molecular flexibility index (Phi) is 15.8. The summed E-state index contributed by atoms with van der Waals surface area (Å²) in [6.07, 6.45) is 7.38. The first-order valence-electron chi connectivity index (χ1n) is 3.17. The first-order valence-corrected chi connectivity index (χ1v) is 3.17. The van der Waals surface area contributed by atoms with Gasteiger partial charge in [-0.25, -0.2) is 0 Å². The number of aliphatic hydroxyl groups is 1. The van der Waals surface area contributed by atoms with Crippen LogP contribution in [0, 0.1) is 0 Å². The van der Waals surface area contributed by atoms with E-state index in [-0.39, 0.29) is 36.2 Å². The molecule has 0 fully saturated rings. The summed E-state index contributed by atoms with van der Waals surface area (Å²) in [5.41, 5.74) is 0. The predicted molar refractivity (Wildman–Crippen MR) is 42.9 cm³/mol. The number of aliphatic hydroxyl groups excluding tert-OH is 1. The van der Waals surface area contributed by atoms with Gasteiger partial charge in [-0.2, -0.15) is 0 Å². The molecule has 0 heterocycles. The molecule has 50 valence electrons. The van der Waals surface area contributed by atoms with Crippen molar-refractivity contribution in [1.82, 2.24) is 0 Å². The Bertz CT molecular complexity index is 61.9. The third kappa shape index (κ3) is 12.0. The average Bonchev–Trinajstić information content (AvgIpc) is 1.81. The molecule has 0 aromatic rings. The van der Waals surface area contributed by atoms with Crippen molar-refractivity contribution in [1.29, 1.82) is 0 Å². The fourth-order valence-electron chi connectivity index (χ4n) is 0.514. The molecule has 0 rings (SSSR count). The quantitative estimate of drug-likeness (QED) is 0.350. The molecule has 0 amide bonds. The zero-order valence-electron chi connectivity index (χ0n) is 5.43. The molecule has 2 heteroatoms. The van der Waals surface area contributed by atoms with Crippen LogP contribution >= 0.6 is 0 Å². The molecule has 0 saturated carbocycles. The van der Waals surface area contributed by atoms with Crippen LogP contribution in [0.15, 0.2) is 12.2 Å². The van der Waals surface area contributed by atoms with E-state index in [4.69, 9.17) is 5.11 Å². The minimum absolute atomic E-state index is 0. The van der Waals surface area contributed by atoms with Crippen molar-refractivity contribution in [2.45, 2.75) is 26.2 Å². The molecule has 0 aromatic heterocycles. The van der Waals surface area contributed by atoms with E-state index < -0.39 is 0 Å². The fraction of sp³-hybridized carbons (Fsp3) is 0.714. The van der Waals surface area contributed by atoms with Gasteiger partial charge in [0.05, 0.1) is 6.61 Å². The van der Waals surface area contributed by atoms with Crippen molar-refractivity contribution in [3.63, 3.8) is 0 Å². The number of hydrogen-bond acceptors (Lipinski definition) is 1. The summed E-state index contributed by atoms with van der Waals surface area (Å²) in [6.45, 7) is 2.34. The van der Waals surface area contributed by atoms with Crippen LogP contribution in [0.25, 0.3) is 0 Å². The van der Waals surface area contributed by atoms with E-state index in [1.165, 1.54) is 12.8 Å². The summed E-state index contributed by atoms with van der Waals surface area (Å²) in [5.74, 6) is 0. The summed E-state index contributed by atoms with van der Waals surface area (Å²) in [4.78, 5) is 0. The molecule has 9 heavy (non-hydrogen) atoms. The van der Waals surface area contributed by atoms with E-state index in [9.17, 15) is 0 Å². The molecule has 0 saturated heterocycles. The molecular weight excluding hydrogens is 123 g/mol. The van der Waals surface area contributed by atoms with Crippen LogP contribution in [0.2, 0.25) is 0 Å². The predicted octanol–water partition coefficient (Wildman–Crippen LogP) is 1.08. The Morgan fingerprint density at radius 3 is 2.44 bits per heavy atom. The average molecular weight is 138 g/mol. The van der Waals surface area contributed by atoms with Crippen LogP contribution in [0.5, 0.6) is 0 Å². The summed E-state index contributed by atoms with van der Waals surface area (Å²) < 4.78 is 0. The van der Waals surface area contributed by atoms with Crippen molar-refractivity contribution in [3.8, 4) is 0 Å². The summed E-state index contributed by atoms with van der Waals surface area (Å²) in [7, 11) is 0. The molecule has 0 aliphatic heterocycles. The standard InChI is InChI=1S/C7H14O.Na.H/c1-2-3-4-5-6-7-8;;/h5-6,8H,2-4,7H2,1H3;;. The van der Waals surface area contributed by atoms with Gasteiger partial charge in [0, 0.05) is 0 Å². The molecule has 0 unspecified atom stereocenters. The molecular formula is C7H15NaO. The monoisotopic (exact) mass is 138 g/mol. The van der Waals surface area contributed by atoms with Crippen molar-refractivity contribution in [3.05, 3.63) is 12.2 Å². The van der Waals surface area contributed by atoms with Gasteiger partial charge in [-0.05, 0) is 6.42 Å². The third-order valence-electron chi connectivity index (χ3n) is 0.996. The van der Waals surface area contributed by atoms with E-state index in [0.717, 1.165) is 6.42 Å². The molecule has 0 aliphatic rings. The third-order valence-corrected chi connectivity index (χ3v) is 0.996. The van der Waals surface area contributed by atoms with Crippen LogP contribution in [0.3, 0.4) is 0 Å². The van der Waals surface area contributed by atoms with Crippen LogP contribution < -0.4 is 0 Å². The number of unbranched alkanes of at least 4 members (excludes halogenated alkanes) is 2. The number of rotatable bonds is 4. The second kappa shape index (κ2) is 11.5. The minimum atomic E-state index is 0. The van der Waals surface area contributed by atoms with E-state index in [1.54, 1.807) is 6.08 Å². The first kappa shape index (κ1) is 12.4. The summed E-state index contributed by atoms with van der Waals surface area (Å²) >= 11 is 0. The van der Waals surface area contributed by atoms with E-state index >= 15 is 0 Å². The second-order valence-electron chi connectivity index (χ2n) is 1.80. The molecule has 0 radical (unpaired) electrons. The summed E-state index contributed by atoms with van der Waals surface area (Å²) in [5, 5.41) is 8.28. The molecule has 0 atom stereocenters. The SMILES string of the molecule is CCCCC=CCO.[NaH]. The van der Waals surface area contributed by atoms with Crippen LogP contribution in [0.1, 0.15) is 26.2 Å². The van der Waals surface area contributed by atoms with Gasteiger partial charge in [-0.1, -0.05) is 31.9 Å². The Balaban J connectivity index is 0. The fourth-order valence-corrected chi connectivity index (χ4v) is 0.514. The van der Waals surface area contributed by atoms with E-state index in [2.05, 4.69) is 6.92 Å². The zero-order valence-corrected chi connectivity index (χ0v) is 5.43. The van der Waals surface area contributed by atoms with Gasteiger partial charge in [0.25, 0.3) is 0 Å². The van der Waals surface area contributed by atoms with Gasteiger partial charge in [0.2, 0.25) is 0 Å². The van der Waals surface area contributed by atoms with Crippen LogP contribution in [-0.4, -0.2) is 41.3 Å². The molecule has 0 aromatic carbocycles. The Morgan fingerprint density at radius 1 is 1.33 bits per heavy atom. The van der Waals surface area contributed by atoms with Crippen molar-refractivity contribution < 1.29 is 5.11 Å². The molecule has 0 spiro atoms. The zero-order chi connectivity index (χ0) is 6.24. The normalized spacial score (nSPS) is 9.56. The van der Waals surface area contributed by atoms with Crippen LogP contribution in [-0.2, 0) is 0 Å². The van der Waals surface area contributed by atoms with Crippen molar-refractivity contribution in [2.75, 3.05) is 6.61 Å². The molecule has 0 aliphatic carbocycles. The van der Waals surface area contributed by atoms with E-state index in [1.807, 2.05) is 6.08 Å².